The van der Waals surface area contributed by atoms with E-state index in [1.54, 1.807) is 7.11 Å². The number of nitrogens with zero attached hydrogens (tertiary/aromatic N) is 3. The van der Waals surface area contributed by atoms with E-state index >= 15 is 0 Å². The van der Waals surface area contributed by atoms with E-state index in [9.17, 15) is 0 Å². The molecule has 6 heteroatoms. The number of methoxy groups -OCH3 is 1. The summed E-state index contributed by atoms with van der Waals surface area (Å²) in [4.78, 5) is 9.85. The zero-order valence-electron chi connectivity index (χ0n) is 20.9. The van der Waals surface area contributed by atoms with E-state index in [0.717, 1.165) is 60.2 Å². The second kappa shape index (κ2) is 12.2. The number of ether oxygens (including phenoxy) is 1. The predicted octanol–water partition coefficient (Wildman–Crippen LogP) is 4.19. The van der Waals surface area contributed by atoms with E-state index in [4.69, 9.17) is 9.72 Å². The average Bonchev–Trinajstić information content (AvgIpc) is 2.83. The minimum absolute atomic E-state index is 0.809. The second-order valence-electron chi connectivity index (χ2n) is 9.56. The molecule has 0 bridgehead atoms. The smallest absolute Gasteiger partial charge is 0.118 e. The monoisotopic (exact) mass is 461 g/mol. The van der Waals surface area contributed by atoms with Crippen LogP contribution in [0.4, 0.5) is 5.69 Å². The molecule has 2 heterocycles. The first kappa shape index (κ1) is 24.5. The fourth-order valence-electron chi connectivity index (χ4n) is 4.50. The van der Waals surface area contributed by atoms with Crippen molar-refractivity contribution < 1.29 is 4.74 Å². The number of fused-ring (bicyclic) bond motifs is 1. The molecule has 1 aliphatic heterocycles. The first-order chi connectivity index (χ1) is 16.6. The number of hydrogen-bond acceptors (Lipinski definition) is 6. The summed E-state index contributed by atoms with van der Waals surface area (Å²) in [5.74, 6) is 1.67. The third kappa shape index (κ3) is 6.69. The molecule has 0 aliphatic carbocycles. The molecule has 182 valence electrons. The van der Waals surface area contributed by atoms with Gasteiger partial charge in [0.25, 0.3) is 0 Å². The number of para-hydroxylation sites is 1. The van der Waals surface area contributed by atoms with E-state index in [1.807, 2.05) is 12.1 Å². The third-order valence-electron chi connectivity index (χ3n) is 6.53. The van der Waals surface area contributed by atoms with Gasteiger partial charge in [0.2, 0.25) is 0 Å². The number of benzene rings is 2. The largest absolute Gasteiger partial charge is 0.497 e. The van der Waals surface area contributed by atoms with Crippen LogP contribution < -0.4 is 15.4 Å². The van der Waals surface area contributed by atoms with Crippen molar-refractivity contribution in [1.82, 2.24) is 20.1 Å². The first-order valence-electron chi connectivity index (χ1n) is 12.5. The highest BCUT2D eigenvalue weighted by Crippen LogP contribution is 2.29. The number of hydrogen-bond donors (Lipinski definition) is 2. The summed E-state index contributed by atoms with van der Waals surface area (Å²) < 4.78 is 5.31. The van der Waals surface area contributed by atoms with E-state index in [-0.39, 0.29) is 0 Å². The van der Waals surface area contributed by atoms with Gasteiger partial charge in [0, 0.05) is 42.8 Å². The van der Waals surface area contributed by atoms with Crippen molar-refractivity contribution in [3.8, 4) is 17.0 Å². The molecule has 1 aliphatic rings. The Morgan fingerprint density at radius 3 is 2.47 bits per heavy atom. The van der Waals surface area contributed by atoms with Crippen LogP contribution in [0, 0.1) is 5.92 Å². The summed E-state index contributed by atoms with van der Waals surface area (Å²) in [7, 11) is 6.00. The van der Waals surface area contributed by atoms with Gasteiger partial charge in [-0.15, -0.1) is 0 Å². The lowest BCUT2D eigenvalue weighted by Gasteiger charge is -2.33. The molecule has 0 saturated carbocycles. The maximum Gasteiger partial charge on any atom is 0.118 e. The van der Waals surface area contributed by atoms with Gasteiger partial charge in [-0.25, -0.2) is 4.98 Å². The van der Waals surface area contributed by atoms with Crippen LogP contribution in [0.25, 0.3) is 22.2 Å². The predicted molar refractivity (Wildman–Crippen MR) is 143 cm³/mol. The Bertz CT molecular complexity index is 1030. The lowest BCUT2D eigenvalue weighted by atomic mass is 10.0. The van der Waals surface area contributed by atoms with Crippen molar-refractivity contribution in [3.05, 3.63) is 54.6 Å². The summed E-state index contributed by atoms with van der Waals surface area (Å²) in [5.41, 5.74) is 4.24. The zero-order chi connectivity index (χ0) is 23.8. The number of aromatic nitrogens is 1. The van der Waals surface area contributed by atoms with E-state index in [0.29, 0.717) is 0 Å². The topological polar surface area (TPSA) is 52.7 Å². The standard InChI is InChI=1S/C28H39N5O/c1-32(2)15-7-17-33(21-22-19-29-20-22)16-6-14-30-28-18-27(23-10-12-24(34-3)13-11-23)31-26-9-5-4-8-25(26)28/h4-5,8-13,18,22,29H,6-7,14-17,19-21H2,1-3H3,(H,30,31). The van der Waals surface area contributed by atoms with Crippen LogP contribution in [-0.4, -0.2) is 81.8 Å². The van der Waals surface area contributed by atoms with Gasteiger partial charge in [-0.05, 0) is 88.9 Å². The van der Waals surface area contributed by atoms with E-state index in [2.05, 4.69) is 77.0 Å². The third-order valence-corrected chi connectivity index (χ3v) is 6.53. The Labute approximate surface area is 204 Å². The van der Waals surface area contributed by atoms with Crippen molar-refractivity contribution in [3.63, 3.8) is 0 Å². The number of pyridine rings is 1. The van der Waals surface area contributed by atoms with Crippen molar-refractivity contribution in [2.75, 3.05) is 72.3 Å². The van der Waals surface area contributed by atoms with Gasteiger partial charge < -0.3 is 25.2 Å². The quantitative estimate of drug-likeness (QED) is 0.373. The Hall–Kier alpha value is -2.67. The Morgan fingerprint density at radius 1 is 1.00 bits per heavy atom. The summed E-state index contributed by atoms with van der Waals surface area (Å²) >= 11 is 0. The average molecular weight is 462 g/mol. The van der Waals surface area contributed by atoms with Gasteiger partial charge in [0.05, 0.1) is 18.3 Å². The molecule has 0 atom stereocenters. The maximum atomic E-state index is 5.31. The fraction of sp³-hybridized carbons (Fsp3) is 0.464. The Balaban J connectivity index is 1.40. The number of anilines is 1. The molecule has 1 fully saturated rings. The maximum absolute atomic E-state index is 5.31. The van der Waals surface area contributed by atoms with Crippen molar-refractivity contribution >= 4 is 16.6 Å². The van der Waals surface area contributed by atoms with Crippen molar-refractivity contribution in [2.45, 2.75) is 12.8 Å². The van der Waals surface area contributed by atoms with Crippen molar-refractivity contribution in [1.29, 1.82) is 0 Å². The molecule has 1 aromatic heterocycles. The van der Waals surface area contributed by atoms with Gasteiger partial charge in [-0.2, -0.15) is 0 Å². The molecule has 3 aromatic rings. The molecular formula is C28H39N5O. The van der Waals surface area contributed by atoms with Crippen LogP contribution in [0.3, 0.4) is 0 Å². The van der Waals surface area contributed by atoms with Crippen molar-refractivity contribution in [2.24, 2.45) is 5.92 Å². The molecule has 0 unspecified atom stereocenters. The van der Waals surface area contributed by atoms with Crippen LogP contribution in [0.2, 0.25) is 0 Å². The summed E-state index contributed by atoms with van der Waals surface area (Å²) in [6, 6.07) is 18.7. The molecule has 4 rings (SSSR count). The fourth-order valence-corrected chi connectivity index (χ4v) is 4.50. The van der Waals surface area contributed by atoms with Gasteiger partial charge in [-0.1, -0.05) is 18.2 Å². The molecule has 2 N–H and O–H groups in total. The minimum atomic E-state index is 0.809. The summed E-state index contributed by atoms with van der Waals surface area (Å²) in [6.07, 6.45) is 2.34. The van der Waals surface area contributed by atoms with Crippen LogP contribution in [0.1, 0.15) is 12.8 Å². The highest BCUT2D eigenvalue weighted by atomic mass is 16.5. The molecule has 6 nitrogen and oxygen atoms in total. The van der Waals surface area contributed by atoms with E-state index < -0.39 is 0 Å². The molecule has 0 spiro atoms. The van der Waals surface area contributed by atoms with Crippen LogP contribution in [0.5, 0.6) is 5.75 Å². The summed E-state index contributed by atoms with van der Waals surface area (Å²) in [6.45, 7) is 7.94. The van der Waals surface area contributed by atoms with Gasteiger partial charge >= 0.3 is 0 Å². The highest BCUT2D eigenvalue weighted by Gasteiger charge is 2.19. The molecule has 0 radical (unpaired) electrons. The SMILES string of the molecule is COc1ccc(-c2cc(NCCCN(CCCN(C)C)CC3CNC3)c3ccccc3n2)cc1. The van der Waals surface area contributed by atoms with Gasteiger partial charge in [0.1, 0.15) is 5.75 Å². The first-order valence-corrected chi connectivity index (χ1v) is 12.5. The Kier molecular flexibility index (Phi) is 8.74. The Morgan fingerprint density at radius 2 is 1.76 bits per heavy atom. The van der Waals surface area contributed by atoms with Crippen LogP contribution in [0.15, 0.2) is 54.6 Å². The molecular weight excluding hydrogens is 422 g/mol. The number of nitrogens with one attached hydrogen (secondary N) is 2. The molecule has 34 heavy (non-hydrogen) atoms. The normalized spacial score (nSPS) is 14.0. The molecule has 1 saturated heterocycles. The number of rotatable bonds is 13. The van der Waals surface area contributed by atoms with E-state index in [1.165, 1.54) is 38.0 Å². The lowest BCUT2D eigenvalue weighted by molar-refractivity contribution is 0.185. The molecule has 0 amide bonds. The summed E-state index contributed by atoms with van der Waals surface area (Å²) in [5, 5.41) is 8.30. The minimum Gasteiger partial charge on any atom is -0.497 e. The zero-order valence-corrected chi connectivity index (χ0v) is 20.9. The highest BCUT2D eigenvalue weighted by molar-refractivity contribution is 5.93. The lowest BCUT2D eigenvalue weighted by Crippen LogP contribution is -2.48. The van der Waals surface area contributed by atoms with Crippen LogP contribution in [-0.2, 0) is 0 Å². The second-order valence-corrected chi connectivity index (χ2v) is 9.56. The van der Waals surface area contributed by atoms with Gasteiger partial charge in [-0.3, -0.25) is 0 Å². The molecule has 2 aromatic carbocycles. The van der Waals surface area contributed by atoms with Crippen LogP contribution >= 0.6 is 0 Å². The van der Waals surface area contributed by atoms with Gasteiger partial charge in [0.15, 0.2) is 0 Å².